The van der Waals surface area contributed by atoms with Crippen LogP contribution in [0.25, 0.3) is 33.4 Å². The quantitative estimate of drug-likeness (QED) is 0.161. The van der Waals surface area contributed by atoms with Crippen LogP contribution in [0.1, 0.15) is 126 Å². The standard InChI is InChI=1S/C54H63N6O.Pt/c1-34-20-19-23-46-55-49(56-60(34)46)59-44-22-18-17-21-42(44)43-25-24-40(32-45(43)59)61-41-30-37(52(8,9)10)29-39(31-41)58-33-57(47(53(11,12)13)48(58)54(14,15)16)38-27-35(50(2,3)4)26-36(28-38)51(5,6)7;/h17-30,33H,1-16H3;/q-3;. The van der Waals surface area contributed by atoms with Crippen LogP contribution in [0, 0.1) is 36.6 Å². The van der Waals surface area contributed by atoms with Crippen LogP contribution in [-0.4, -0.2) is 19.2 Å². The van der Waals surface area contributed by atoms with Gasteiger partial charge in [0.15, 0.2) is 5.65 Å². The van der Waals surface area contributed by atoms with E-state index in [9.17, 15) is 0 Å². The van der Waals surface area contributed by atoms with Crippen molar-refractivity contribution in [2.75, 3.05) is 9.80 Å². The maximum Gasteiger partial charge on any atom is 0.252 e. The summed E-state index contributed by atoms with van der Waals surface area (Å²) in [6.45, 7) is 38.9. The number of anilines is 2. The van der Waals surface area contributed by atoms with Crippen molar-refractivity contribution in [1.82, 2.24) is 19.2 Å². The molecule has 0 atom stereocenters. The summed E-state index contributed by atoms with van der Waals surface area (Å²) >= 11 is 0. The smallest absolute Gasteiger partial charge is 0.252 e. The molecule has 0 amide bonds. The Hall–Kier alpha value is -4.87. The second-order valence-corrected chi connectivity index (χ2v) is 22.1. The van der Waals surface area contributed by atoms with Crippen molar-refractivity contribution < 1.29 is 25.8 Å². The second-order valence-electron chi connectivity index (χ2n) is 22.1. The molecule has 3 aromatic heterocycles. The predicted octanol–water partition coefficient (Wildman–Crippen LogP) is 14.2. The van der Waals surface area contributed by atoms with E-state index in [0.717, 1.165) is 44.4 Å². The average Bonchev–Trinajstić information content (AvgIpc) is 3.86. The Morgan fingerprint density at radius 2 is 1.16 bits per heavy atom. The molecule has 0 unspecified atom stereocenters. The molecule has 7 aromatic rings. The number of aromatic nitrogens is 4. The summed E-state index contributed by atoms with van der Waals surface area (Å²) in [5.41, 5.74) is 11.4. The fourth-order valence-electron chi connectivity index (χ4n) is 8.41. The first kappa shape index (κ1) is 45.2. The van der Waals surface area contributed by atoms with Gasteiger partial charge in [0.25, 0.3) is 5.95 Å². The van der Waals surface area contributed by atoms with E-state index in [0.29, 0.717) is 17.4 Å². The molecule has 8 heteroatoms. The van der Waals surface area contributed by atoms with Gasteiger partial charge in [-0.2, -0.15) is 11.1 Å². The van der Waals surface area contributed by atoms with Gasteiger partial charge in [-0.1, -0.05) is 140 Å². The number of hydrogen-bond donors (Lipinski definition) is 0. The minimum Gasteiger partial charge on any atom is -0.509 e. The van der Waals surface area contributed by atoms with Crippen molar-refractivity contribution in [3.63, 3.8) is 0 Å². The molecule has 62 heavy (non-hydrogen) atoms. The molecular formula is C54H63N6OPt-3. The van der Waals surface area contributed by atoms with E-state index >= 15 is 0 Å². The van der Waals surface area contributed by atoms with Crippen LogP contribution in [0.2, 0.25) is 0 Å². The Morgan fingerprint density at radius 1 is 0.565 bits per heavy atom. The van der Waals surface area contributed by atoms with Gasteiger partial charge in [-0.05, 0) is 70.0 Å². The number of rotatable bonds is 5. The van der Waals surface area contributed by atoms with E-state index < -0.39 is 0 Å². The van der Waals surface area contributed by atoms with Crippen LogP contribution < -0.4 is 14.5 Å². The van der Waals surface area contributed by atoms with Crippen molar-refractivity contribution in [2.45, 2.75) is 127 Å². The number of hydrogen-bond acceptors (Lipinski definition) is 5. The van der Waals surface area contributed by atoms with Crippen LogP contribution in [0.15, 0.2) is 96.3 Å². The van der Waals surface area contributed by atoms with E-state index in [1.165, 1.54) is 28.2 Å². The molecule has 1 aliphatic rings. The zero-order chi connectivity index (χ0) is 44.2. The minimum atomic E-state index is -0.217. The molecular weight excluding hydrogens is 944 g/mol. The fourth-order valence-corrected chi connectivity index (χ4v) is 8.41. The number of allylic oxidation sites excluding steroid dienone is 2. The second kappa shape index (κ2) is 15.4. The summed E-state index contributed by atoms with van der Waals surface area (Å²) < 4.78 is 10.9. The first-order chi connectivity index (χ1) is 28.3. The van der Waals surface area contributed by atoms with E-state index in [1.807, 2.05) is 35.7 Å². The molecule has 0 fully saturated rings. The van der Waals surface area contributed by atoms with Gasteiger partial charge < -0.3 is 19.1 Å². The predicted molar refractivity (Wildman–Crippen MR) is 254 cm³/mol. The minimum absolute atomic E-state index is 0. The molecule has 0 radical (unpaired) electrons. The molecule has 0 bridgehead atoms. The van der Waals surface area contributed by atoms with Gasteiger partial charge in [0.1, 0.15) is 0 Å². The molecule has 0 spiro atoms. The largest absolute Gasteiger partial charge is 0.509 e. The first-order valence-electron chi connectivity index (χ1n) is 21.7. The number of ether oxygens (including phenoxy) is 1. The Balaban J connectivity index is 0.00000578. The van der Waals surface area contributed by atoms with E-state index in [2.05, 4.69) is 198 Å². The number of aryl methyl sites for hydroxylation is 1. The Kier molecular flexibility index (Phi) is 11.2. The summed E-state index contributed by atoms with van der Waals surface area (Å²) in [6, 6.07) is 37.6. The monoisotopic (exact) mass is 1010 g/mol. The zero-order valence-electron chi connectivity index (χ0n) is 39.6. The molecule has 8 rings (SSSR count). The van der Waals surface area contributed by atoms with Crippen LogP contribution in [-0.2, 0) is 37.3 Å². The summed E-state index contributed by atoms with van der Waals surface area (Å²) in [5.74, 6) is 1.81. The van der Waals surface area contributed by atoms with Crippen molar-refractivity contribution in [1.29, 1.82) is 0 Å². The molecule has 0 saturated carbocycles. The number of pyridine rings is 1. The average molecular weight is 1010 g/mol. The molecule has 4 aromatic carbocycles. The maximum absolute atomic E-state index is 6.88. The normalized spacial score (nSPS) is 14.5. The third kappa shape index (κ3) is 8.34. The maximum atomic E-state index is 6.88. The van der Waals surface area contributed by atoms with Gasteiger partial charge >= 0.3 is 0 Å². The van der Waals surface area contributed by atoms with Crippen molar-refractivity contribution >= 4 is 38.8 Å². The number of fused-ring (bicyclic) bond motifs is 4. The van der Waals surface area contributed by atoms with Gasteiger partial charge in [-0.3, -0.25) is 0 Å². The number of para-hydroxylation sites is 1. The van der Waals surface area contributed by atoms with Gasteiger partial charge in [-0.15, -0.1) is 58.7 Å². The summed E-state index contributed by atoms with van der Waals surface area (Å²) in [6.07, 6.45) is 0. The van der Waals surface area contributed by atoms with E-state index in [-0.39, 0.29) is 48.1 Å². The van der Waals surface area contributed by atoms with Crippen LogP contribution in [0.4, 0.5) is 11.4 Å². The molecule has 0 saturated heterocycles. The van der Waals surface area contributed by atoms with Crippen LogP contribution in [0.3, 0.4) is 0 Å². The first-order valence-corrected chi connectivity index (χ1v) is 21.7. The summed E-state index contributed by atoms with van der Waals surface area (Å²) in [7, 11) is 0. The topological polar surface area (TPSA) is 50.8 Å². The molecule has 0 aliphatic carbocycles. The van der Waals surface area contributed by atoms with E-state index in [1.54, 1.807) is 0 Å². The number of nitrogens with zero attached hydrogens (tertiary/aromatic N) is 6. The van der Waals surface area contributed by atoms with Crippen molar-refractivity contribution in [3.05, 3.63) is 138 Å². The van der Waals surface area contributed by atoms with Crippen LogP contribution in [0.5, 0.6) is 11.5 Å². The molecule has 7 nitrogen and oxygen atoms in total. The van der Waals surface area contributed by atoms with Gasteiger partial charge in [0.05, 0.1) is 0 Å². The molecule has 1 aliphatic heterocycles. The SMILES string of the molecule is Cc1cccc2nc(-n3c4[c-]c(Oc5[c-]c(N6[CH-]N(c7cc(C(C)(C)C)cc(C(C)(C)C)c7)C(C(C)(C)C)=C6C(C)(C)C)cc(C(C)(C)C)c5)ccc4c4ccccc43)nn12.[Pt]. The Morgan fingerprint density at radius 3 is 1.76 bits per heavy atom. The van der Waals surface area contributed by atoms with Crippen molar-refractivity contribution in [3.8, 4) is 17.4 Å². The Labute approximate surface area is 384 Å². The summed E-state index contributed by atoms with van der Waals surface area (Å²) in [4.78, 5) is 9.78. The molecule has 4 heterocycles. The van der Waals surface area contributed by atoms with Gasteiger partial charge in [0.2, 0.25) is 0 Å². The van der Waals surface area contributed by atoms with Gasteiger partial charge in [0, 0.05) is 71.7 Å². The van der Waals surface area contributed by atoms with E-state index in [4.69, 9.17) is 14.8 Å². The van der Waals surface area contributed by atoms with Crippen LogP contribution >= 0.6 is 0 Å². The van der Waals surface area contributed by atoms with Crippen molar-refractivity contribution in [2.24, 2.45) is 10.8 Å². The van der Waals surface area contributed by atoms with Gasteiger partial charge in [-0.25, -0.2) is 4.52 Å². The molecule has 0 N–H and O–H groups in total. The third-order valence-electron chi connectivity index (χ3n) is 11.8. The number of benzene rings is 4. The fraction of sp³-hybridized carbons (Fsp3) is 0.389. The molecule has 328 valence electrons. The summed E-state index contributed by atoms with van der Waals surface area (Å²) in [5, 5.41) is 7.12. The third-order valence-corrected chi connectivity index (χ3v) is 11.8. The zero-order valence-corrected chi connectivity index (χ0v) is 41.8. The Bertz CT molecular complexity index is 2830.